The van der Waals surface area contributed by atoms with Gasteiger partial charge in [0, 0.05) is 24.3 Å². The number of hydrogen-bond acceptors (Lipinski definition) is 10. The first-order valence-corrected chi connectivity index (χ1v) is 17.4. The fraction of sp³-hybridized carbons (Fsp3) is 0.216. The normalized spacial score (nSPS) is 17.8. The number of nitrogens with zero attached hydrogens (tertiary/aromatic N) is 4. The van der Waals surface area contributed by atoms with Crippen molar-refractivity contribution in [2.45, 2.75) is 49.3 Å². The molecule has 3 heterocycles. The number of carbonyl (C=O) groups is 1. The van der Waals surface area contributed by atoms with Crippen LogP contribution in [0.25, 0.3) is 22.2 Å². The summed E-state index contributed by atoms with van der Waals surface area (Å²) in [6, 6.07) is 31.7. The topological polar surface area (TPSA) is 119 Å². The highest BCUT2D eigenvalue weighted by atomic mass is 32.2. The Kier molecular flexibility index (Phi) is 9.82. The molecular formula is C37H33N5O4S2. The minimum absolute atomic E-state index is 0.00246. The summed E-state index contributed by atoms with van der Waals surface area (Å²) >= 11 is 3.24. The molecule has 0 aliphatic carbocycles. The van der Waals surface area contributed by atoms with Gasteiger partial charge < -0.3 is 19.9 Å². The van der Waals surface area contributed by atoms with E-state index in [0.717, 1.165) is 54.0 Å². The summed E-state index contributed by atoms with van der Waals surface area (Å²) in [6.07, 6.45) is 1.44. The van der Waals surface area contributed by atoms with Crippen molar-refractivity contribution in [1.82, 2.24) is 25.5 Å². The predicted molar refractivity (Wildman–Crippen MR) is 186 cm³/mol. The molecule has 1 aliphatic heterocycles. The van der Waals surface area contributed by atoms with Crippen molar-refractivity contribution < 1.29 is 19.4 Å². The lowest BCUT2D eigenvalue weighted by atomic mass is 9.99. The highest BCUT2D eigenvalue weighted by Gasteiger charge is 2.32. The van der Waals surface area contributed by atoms with Gasteiger partial charge >= 0.3 is 0 Å². The lowest BCUT2D eigenvalue weighted by Gasteiger charge is -2.36. The zero-order chi connectivity index (χ0) is 32.9. The molecular weight excluding hydrogens is 643 g/mol. The summed E-state index contributed by atoms with van der Waals surface area (Å²) in [7, 11) is 0. The van der Waals surface area contributed by atoms with E-state index in [2.05, 4.69) is 49.7 Å². The second-order valence-electron chi connectivity index (χ2n) is 11.5. The molecule has 48 heavy (non-hydrogen) atoms. The van der Waals surface area contributed by atoms with Crippen LogP contribution in [-0.2, 0) is 22.6 Å². The van der Waals surface area contributed by atoms with Crippen LogP contribution in [0.4, 0.5) is 0 Å². The number of benzene rings is 4. The van der Waals surface area contributed by atoms with Crippen molar-refractivity contribution in [1.29, 1.82) is 0 Å². The van der Waals surface area contributed by atoms with Crippen LogP contribution in [0, 0.1) is 6.92 Å². The number of thioether (sulfide) groups is 1. The molecule has 0 bridgehead atoms. The maximum atomic E-state index is 12.8. The van der Waals surface area contributed by atoms with Crippen molar-refractivity contribution >= 4 is 40.0 Å². The van der Waals surface area contributed by atoms with Gasteiger partial charge in [-0.1, -0.05) is 102 Å². The van der Waals surface area contributed by atoms with Gasteiger partial charge in [-0.25, -0.2) is 4.98 Å². The molecule has 11 heteroatoms. The molecule has 3 atom stereocenters. The van der Waals surface area contributed by atoms with E-state index in [1.807, 2.05) is 79.7 Å². The van der Waals surface area contributed by atoms with Gasteiger partial charge in [-0.3, -0.25) is 9.78 Å². The molecule has 0 radical (unpaired) electrons. The zero-order valence-electron chi connectivity index (χ0n) is 26.2. The van der Waals surface area contributed by atoms with Crippen molar-refractivity contribution in [2.24, 2.45) is 0 Å². The first-order chi connectivity index (χ1) is 23.5. The predicted octanol–water partition coefficient (Wildman–Crippen LogP) is 7.22. The molecule has 2 N–H and O–H groups in total. The third-order valence-electron chi connectivity index (χ3n) is 8.09. The van der Waals surface area contributed by atoms with E-state index < -0.39 is 6.29 Å². The average Bonchev–Trinajstić information content (AvgIpc) is 3.57. The molecule has 4 aromatic carbocycles. The summed E-state index contributed by atoms with van der Waals surface area (Å²) in [6.45, 7) is 2.32. The first-order valence-electron chi connectivity index (χ1n) is 15.6. The Labute approximate surface area is 286 Å². The maximum absolute atomic E-state index is 12.8. The Balaban J connectivity index is 1.03. The van der Waals surface area contributed by atoms with Crippen LogP contribution in [0.5, 0.6) is 0 Å². The van der Waals surface area contributed by atoms with Crippen LogP contribution >= 0.6 is 23.1 Å². The number of nitrogens with one attached hydrogen (secondary N) is 1. The number of carbonyl (C=O) groups excluding carboxylic acids is 1. The number of ether oxygens (including phenoxy) is 2. The van der Waals surface area contributed by atoms with Crippen molar-refractivity contribution in [3.63, 3.8) is 0 Å². The highest BCUT2D eigenvalue weighted by molar-refractivity contribution is 8.01. The molecule has 242 valence electrons. The molecule has 7 rings (SSSR count). The van der Waals surface area contributed by atoms with Crippen molar-refractivity contribution in [2.75, 3.05) is 5.75 Å². The van der Waals surface area contributed by atoms with E-state index >= 15 is 0 Å². The van der Waals surface area contributed by atoms with Gasteiger partial charge in [-0.2, -0.15) is 0 Å². The number of aliphatic hydroxyl groups is 1. The van der Waals surface area contributed by atoms with Crippen molar-refractivity contribution in [3.8, 4) is 11.1 Å². The number of rotatable bonds is 10. The van der Waals surface area contributed by atoms with E-state index in [1.54, 1.807) is 23.1 Å². The standard InChI is InChI=1S/C37H33N5O4S2/c1-23-41-42-37(48-23)47-22-30-18-34(27-11-9-24(21-43)10-12-27)46-36(45-30)28-15-13-26(14-16-28)29-6-4-5-25(17-29)19-39-35(44)33-20-38-31-7-2-3-8-32(31)40-33/h2-17,20,30,34,36,43H,18-19,21-22H2,1H3,(H,39,44). The second-order valence-corrected chi connectivity index (χ2v) is 13.9. The Morgan fingerprint density at radius 1 is 0.896 bits per heavy atom. The number of amides is 1. The summed E-state index contributed by atoms with van der Waals surface area (Å²) in [5.41, 5.74) is 7.61. The van der Waals surface area contributed by atoms with Crippen LogP contribution in [0.15, 0.2) is 108 Å². The summed E-state index contributed by atoms with van der Waals surface area (Å²) in [5, 5.41) is 21.8. The van der Waals surface area contributed by atoms with Gasteiger partial charge in [-0.15, -0.1) is 10.2 Å². The van der Waals surface area contributed by atoms with E-state index in [9.17, 15) is 9.90 Å². The SMILES string of the molecule is Cc1nnc(SCC2CC(c3ccc(CO)cc3)OC(c3ccc(-c4cccc(CNC(=O)c5cnc6ccccc6n5)c4)cc3)O2)s1. The molecule has 0 spiro atoms. The van der Waals surface area contributed by atoms with Gasteiger partial charge in [0.05, 0.1) is 36.0 Å². The largest absolute Gasteiger partial charge is 0.392 e. The molecule has 9 nitrogen and oxygen atoms in total. The number of aromatic nitrogens is 4. The minimum atomic E-state index is -0.545. The number of aryl methyl sites for hydroxylation is 1. The number of hydrogen-bond donors (Lipinski definition) is 2. The van der Waals surface area contributed by atoms with Gasteiger partial charge in [0.25, 0.3) is 5.91 Å². The summed E-state index contributed by atoms with van der Waals surface area (Å²) in [5.74, 6) is 0.461. The zero-order valence-corrected chi connectivity index (χ0v) is 27.8. The number of para-hydroxylation sites is 2. The van der Waals surface area contributed by atoms with E-state index in [4.69, 9.17) is 9.47 Å². The van der Waals surface area contributed by atoms with Crippen LogP contribution in [0.1, 0.15) is 56.6 Å². The first kappa shape index (κ1) is 32.0. The molecule has 3 unspecified atom stereocenters. The molecule has 2 aromatic heterocycles. The lowest BCUT2D eigenvalue weighted by Crippen LogP contribution is -2.31. The van der Waals surface area contributed by atoms with Gasteiger partial charge in [-0.05, 0) is 52.9 Å². The highest BCUT2D eigenvalue weighted by Crippen LogP contribution is 2.40. The number of aliphatic hydroxyl groups excluding tert-OH is 1. The molecule has 1 saturated heterocycles. The second kappa shape index (κ2) is 14.7. The molecule has 1 aliphatic rings. The fourth-order valence-corrected chi connectivity index (χ4v) is 7.42. The van der Waals surface area contributed by atoms with Gasteiger partial charge in [0.15, 0.2) is 10.6 Å². The fourth-order valence-electron chi connectivity index (χ4n) is 5.56. The Hall–Kier alpha value is -4.52. The van der Waals surface area contributed by atoms with E-state index in [-0.39, 0.29) is 30.4 Å². The van der Waals surface area contributed by atoms with E-state index in [1.165, 1.54) is 6.20 Å². The lowest BCUT2D eigenvalue weighted by molar-refractivity contribution is -0.245. The van der Waals surface area contributed by atoms with Gasteiger partial charge in [0.1, 0.15) is 10.7 Å². The van der Waals surface area contributed by atoms with Crippen LogP contribution in [0.3, 0.4) is 0 Å². The third-order valence-corrected chi connectivity index (χ3v) is 10.2. The van der Waals surface area contributed by atoms with Crippen molar-refractivity contribution in [3.05, 3.63) is 136 Å². The smallest absolute Gasteiger partial charge is 0.271 e. The molecule has 1 fully saturated rings. The quantitative estimate of drug-likeness (QED) is 0.145. The minimum Gasteiger partial charge on any atom is -0.392 e. The molecule has 6 aromatic rings. The summed E-state index contributed by atoms with van der Waals surface area (Å²) in [4.78, 5) is 21.6. The van der Waals surface area contributed by atoms with E-state index in [0.29, 0.717) is 18.5 Å². The van der Waals surface area contributed by atoms with Crippen LogP contribution in [0.2, 0.25) is 0 Å². The third kappa shape index (κ3) is 7.61. The molecule has 1 amide bonds. The average molecular weight is 676 g/mol. The Morgan fingerprint density at radius 3 is 2.46 bits per heavy atom. The Morgan fingerprint density at radius 2 is 1.69 bits per heavy atom. The van der Waals surface area contributed by atoms with Crippen LogP contribution < -0.4 is 5.32 Å². The Bertz CT molecular complexity index is 2020. The summed E-state index contributed by atoms with van der Waals surface area (Å²) < 4.78 is 14.0. The monoisotopic (exact) mass is 675 g/mol. The molecule has 0 saturated carbocycles. The maximum Gasteiger partial charge on any atom is 0.271 e. The van der Waals surface area contributed by atoms with Crippen LogP contribution in [-0.4, -0.2) is 43.0 Å². The van der Waals surface area contributed by atoms with Gasteiger partial charge in [0.2, 0.25) is 0 Å². The number of fused-ring (bicyclic) bond motifs is 1.